The van der Waals surface area contributed by atoms with E-state index in [0.717, 1.165) is 0 Å². The summed E-state index contributed by atoms with van der Waals surface area (Å²) in [6, 6.07) is 22.7. The van der Waals surface area contributed by atoms with Gasteiger partial charge >= 0.3 is 12.2 Å². The SMILES string of the molecule is COc1ccc([C@@]2(C(F)(F)F)NC(=O)n3c(nc(-c4ccccc4)c3-c3ccccc3)S2)cc1. The van der Waals surface area contributed by atoms with Gasteiger partial charge in [-0.1, -0.05) is 72.8 Å². The summed E-state index contributed by atoms with van der Waals surface area (Å²) in [4.78, 5) is 15.2. The van der Waals surface area contributed by atoms with Crippen molar-refractivity contribution in [3.05, 3.63) is 90.5 Å². The molecule has 1 N–H and O–H groups in total. The molecule has 1 aliphatic heterocycles. The van der Waals surface area contributed by atoms with Crippen molar-refractivity contribution in [2.24, 2.45) is 0 Å². The first-order valence-corrected chi connectivity index (χ1v) is 11.1. The van der Waals surface area contributed by atoms with Gasteiger partial charge in [0.05, 0.1) is 18.5 Å². The van der Waals surface area contributed by atoms with Crippen molar-refractivity contribution in [2.75, 3.05) is 7.11 Å². The number of halogens is 3. The average molecular weight is 481 g/mol. The lowest BCUT2D eigenvalue weighted by atomic mass is 10.0. The highest BCUT2D eigenvalue weighted by Gasteiger charge is 2.61. The molecule has 0 saturated carbocycles. The molecule has 9 heteroatoms. The van der Waals surface area contributed by atoms with Crippen molar-refractivity contribution in [3.8, 4) is 28.3 Å². The molecule has 0 radical (unpaired) electrons. The van der Waals surface area contributed by atoms with Gasteiger partial charge in [-0.15, -0.1) is 0 Å². The molecule has 34 heavy (non-hydrogen) atoms. The van der Waals surface area contributed by atoms with E-state index >= 15 is 0 Å². The summed E-state index contributed by atoms with van der Waals surface area (Å²) in [7, 11) is 1.43. The maximum absolute atomic E-state index is 14.6. The number of alkyl halides is 3. The zero-order chi connectivity index (χ0) is 23.9. The molecule has 0 saturated heterocycles. The van der Waals surface area contributed by atoms with Gasteiger partial charge in [-0.25, -0.2) is 14.3 Å². The molecule has 1 aliphatic rings. The number of hydrogen-bond donors (Lipinski definition) is 1. The minimum atomic E-state index is -4.81. The van der Waals surface area contributed by atoms with Crippen LogP contribution in [0.1, 0.15) is 5.56 Å². The Kier molecular flexibility index (Phi) is 5.36. The van der Waals surface area contributed by atoms with Crippen molar-refractivity contribution in [1.29, 1.82) is 0 Å². The van der Waals surface area contributed by atoms with Gasteiger partial charge in [-0.3, -0.25) is 0 Å². The average Bonchev–Trinajstić information content (AvgIpc) is 3.24. The molecule has 5 rings (SSSR count). The summed E-state index contributed by atoms with van der Waals surface area (Å²) in [6.45, 7) is 0. The van der Waals surface area contributed by atoms with Gasteiger partial charge in [-0.05, 0) is 29.5 Å². The van der Waals surface area contributed by atoms with Crippen LogP contribution >= 0.6 is 11.8 Å². The number of hydrogen-bond acceptors (Lipinski definition) is 4. The van der Waals surface area contributed by atoms with E-state index in [1.807, 2.05) is 36.4 Å². The maximum atomic E-state index is 14.6. The van der Waals surface area contributed by atoms with Crippen LogP contribution in [0.3, 0.4) is 0 Å². The predicted molar refractivity (Wildman–Crippen MR) is 124 cm³/mol. The number of carbonyl (C=O) groups excluding carboxylic acids is 1. The fourth-order valence-corrected chi connectivity index (χ4v) is 5.12. The number of nitrogens with zero attached hydrogens (tertiary/aromatic N) is 2. The molecule has 0 bridgehead atoms. The minimum absolute atomic E-state index is 0.0467. The van der Waals surface area contributed by atoms with Crippen LogP contribution in [0.15, 0.2) is 90.1 Å². The zero-order valence-electron chi connectivity index (χ0n) is 17.8. The summed E-state index contributed by atoms with van der Waals surface area (Å²) < 4.78 is 50.0. The molecule has 4 aromatic rings. The fourth-order valence-electron chi connectivity index (χ4n) is 3.93. The molecule has 0 fully saturated rings. The molecule has 2 heterocycles. The highest BCUT2D eigenvalue weighted by atomic mass is 32.2. The Balaban J connectivity index is 1.73. The Morgan fingerprint density at radius 1 is 0.912 bits per heavy atom. The predicted octanol–water partition coefficient (Wildman–Crippen LogP) is 6.30. The van der Waals surface area contributed by atoms with E-state index < -0.39 is 17.1 Å². The highest BCUT2D eigenvalue weighted by molar-refractivity contribution is 8.00. The minimum Gasteiger partial charge on any atom is -0.497 e. The number of thioether (sulfide) groups is 1. The van der Waals surface area contributed by atoms with Crippen molar-refractivity contribution >= 4 is 17.8 Å². The molecule has 3 aromatic carbocycles. The summed E-state index contributed by atoms with van der Waals surface area (Å²) in [5.74, 6) is 0.410. The number of benzene rings is 3. The van der Waals surface area contributed by atoms with E-state index in [4.69, 9.17) is 4.74 Å². The van der Waals surface area contributed by atoms with Crippen molar-refractivity contribution < 1.29 is 22.7 Å². The Hall–Kier alpha value is -3.72. The van der Waals surface area contributed by atoms with Crippen LogP contribution in [0.5, 0.6) is 5.75 Å². The van der Waals surface area contributed by atoms with Gasteiger partial charge in [0.2, 0.25) is 4.87 Å². The molecule has 0 aliphatic carbocycles. The summed E-state index contributed by atoms with van der Waals surface area (Å²) in [6.07, 6.45) is -4.81. The maximum Gasteiger partial charge on any atom is 0.425 e. The van der Waals surface area contributed by atoms with Gasteiger partial charge in [0.15, 0.2) is 5.16 Å². The third-order valence-corrected chi connectivity index (χ3v) is 6.90. The lowest BCUT2D eigenvalue weighted by molar-refractivity contribution is -0.167. The van der Waals surface area contributed by atoms with Crippen molar-refractivity contribution in [3.63, 3.8) is 0 Å². The van der Waals surface area contributed by atoms with Crippen LogP contribution in [0, 0.1) is 0 Å². The number of rotatable bonds is 4. The second kappa shape index (κ2) is 8.25. The number of fused-ring (bicyclic) bond motifs is 1. The van der Waals surface area contributed by atoms with Gasteiger partial charge in [0.1, 0.15) is 5.75 Å². The lowest BCUT2D eigenvalue weighted by Gasteiger charge is -2.38. The molecule has 1 amide bonds. The third-order valence-electron chi connectivity index (χ3n) is 5.57. The first-order chi connectivity index (χ1) is 16.3. The molecule has 0 spiro atoms. The second-order valence-electron chi connectivity index (χ2n) is 7.60. The number of nitrogens with one attached hydrogen (secondary N) is 1. The molecule has 0 unspecified atom stereocenters. The number of methoxy groups -OCH3 is 1. The smallest absolute Gasteiger partial charge is 0.425 e. The third kappa shape index (κ3) is 3.52. The van der Waals surface area contributed by atoms with Crippen LogP contribution in [-0.2, 0) is 4.87 Å². The lowest BCUT2D eigenvalue weighted by Crippen LogP contribution is -2.57. The van der Waals surface area contributed by atoms with E-state index in [2.05, 4.69) is 10.3 Å². The number of imidazole rings is 1. The molecule has 1 aromatic heterocycles. The van der Waals surface area contributed by atoms with Gasteiger partial charge < -0.3 is 10.1 Å². The van der Waals surface area contributed by atoms with E-state index in [9.17, 15) is 18.0 Å². The summed E-state index contributed by atoms with van der Waals surface area (Å²) in [5.41, 5.74) is 2.09. The monoisotopic (exact) mass is 481 g/mol. The normalized spacial score (nSPS) is 17.7. The van der Waals surface area contributed by atoms with Gasteiger partial charge in [-0.2, -0.15) is 13.2 Å². The Bertz CT molecular complexity index is 1340. The number of aromatic nitrogens is 2. The zero-order valence-corrected chi connectivity index (χ0v) is 18.7. The summed E-state index contributed by atoms with van der Waals surface area (Å²) in [5, 5.41) is 2.19. The van der Waals surface area contributed by atoms with Crippen molar-refractivity contribution in [2.45, 2.75) is 16.2 Å². The number of amides is 1. The molecule has 172 valence electrons. The Morgan fingerprint density at radius 3 is 2.06 bits per heavy atom. The van der Waals surface area contributed by atoms with Crippen LogP contribution < -0.4 is 10.1 Å². The van der Waals surface area contributed by atoms with Gasteiger partial charge in [0, 0.05) is 11.1 Å². The largest absolute Gasteiger partial charge is 0.497 e. The van der Waals surface area contributed by atoms with Crippen LogP contribution in [0.25, 0.3) is 22.5 Å². The number of ether oxygens (including phenoxy) is 1. The molecular formula is C25H18F3N3O2S. The molecule has 1 atom stereocenters. The second-order valence-corrected chi connectivity index (χ2v) is 8.78. The van der Waals surface area contributed by atoms with E-state index in [0.29, 0.717) is 40.0 Å². The quantitative estimate of drug-likeness (QED) is 0.371. The van der Waals surface area contributed by atoms with Crippen LogP contribution in [0.4, 0.5) is 18.0 Å². The highest BCUT2D eigenvalue weighted by Crippen LogP contribution is 2.53. The molecule has 5 nitrogen and oxygen atoms in total. The van der Waals surface area contributed by atoms with E-state index in [1.54, 1.807) is 24.3 Å². The first-order valence-electron chi connectivity index (χ1n) is 10.3. The Labute approximate surface area is 197 Å². The standard InChI is InChI=1S/C25H18F3N3O2S/c1-33-19-14-12-18(13-15-19)24(25(26,27)28)30-22(32)31-21(17-10-6-3-7-11-17)20(29-23(31)34-24)16-8-4-2-5-9-16/h2-15H,1H3,(H,30,32)/t24-/m1/s1. The van der Waals surface area contributed by atoms with Crippen molar-refractivity contribution in [1.82, 2.24) is 14.9 Å². The van der Waals surface area contributed by atoms with Crippen LogP contribution in [-0.4, -0.2) is 28.9 Å². The summed E-state index contributed by atoms with van der Waals surface area (Å²) >= 11 is 0.460. The first kappa shape index (κ1) is 22.1. The molecular weight excluding hydrogens is 463 g/mol. The fraction of sp³-hybridized carbons (Fsp3) is 0.120. The van der Waals surface area contributed by atoms with E-state index in [-0.39, 0.29) is 10.7 Å². The number of carbonyl (C=O) groups is 1. The van der Waals surface area contributed by atoms with Gasteiger partial charge in [0.25, 0.3) is 0 Å². The van der Waals surface area contributed by atoms with E-state index in [1.165, 1.54) is 35.9 Å². The van der Waals surface area contributed by atoms with Crippen LogP contribution in [0.2, 0.25) is 0 Å². The Morgan fingerprint density at radius 2 is 1.50 bits per heavy atom. The topological polar surface area (TPSA) is 56.1 Å².